The third kappa shape index (κ3) is 2.87. The molecular formula is C14H15ClN2O4. The summed E-state index contributed by atoms with van der Waals surface area (Å²) in [5, 5.41) is 13.9. The van der Waals surface area contributed by atoms with Gasteiger partial charge in [-0.3, -0.25) is 14.9 Å². The molecule has 3 rings (SSSR count). The van der Waals surface area contributed by atoms with Gasteiger partial charge in [-0.05, 0) is 37.3 Å². The van der Waals surface area contributed by atoms with E-state index in [4.69, 9.17) is 16.3 Å². The van der Waals surface area contributed by atoms with Gasteiger partial charge in [0, 0.05) is 6.61 Å². The van der Waals surface area contributed by atoms with Crippen LogP contribution in [0.1, 0.15) is 29.6 Å². The third-order valence-electron chi connectivity index (χ3n) is 3.95. The lowest BCUT2D eigenvalue weighted by molar-refractivity contribution is -0.385. The molecule has 1 aliphatic heterocycles. The second-order valence-corrected chi connectivity index (χ2v) is 5.84. The molecule has 112 valence electrons. The Morgan fingerprint density at radius 2 is 2.14 bits per heavy atom. The molecule has 1 saturated carbocycles. The smallest absolute Gasteiger partial charge is 0.300 e. The summed E-state index contributed by atoms with van der Waals surface area (Å²) < 4.78 is 5.65. The van der Waals surface area contributed by atoms with E-state index < -0.39 is 10.8 Å². The Kier molecular flexibility index (Phi) is 3.82. The number of amides is 1. The molecule has 2 aliphatic rings. The summed E-state index contributed by atoms with van der Waals surface area (Å²) in [7, 11) is 0. The first-order chi connectivity index (χ1) is 10.1. The molecule has 0 aromatic heterocycles. The Balaban J connectivity index is 1.79. The van der Waals surface area contributed by atoms with Gasteiger partial charge in [0.25, 0.3) is 5.91 Å². The molecule has 7 heteroatoms. The highest BCUT2D eigenvalue weighted by Gasteiger charge is 2.41. The van der Waals surface area contributed by atoms with Crippen molar-refractivity contribution in [3.63, 3.8) is 0 Å². The number of hydrogen-bond acceptors (Lipinski definition) is 4. The minimum atomic E-state index is -0.624. The lowest BCUT2D eigenvalue weighted by atomic mass is 10.1. The average molecular weight is 311 g/mol. The summed E-state index contributed by atoms with van der Waals surface area (Å²) in [6, 6.07) is 4.28. The fraction of sp³-hybridized carbons (Fsp3) is 0.500. The van der Waals surface area contributed by atoms with Crippen LogP contribution in [0.3, 0.4) is 0 Å². The molecule has 0 spiro atoms. The number of carbonyl (C=O) groups excluding carboxylic acids is 1. The number of rotatable bonds is 4. The molecule has 2 atom stereocenters. The van der Waals surface area contributed by atoms with Crippen LogP contribution in [0.5, 0.6) is 0 Å². The molecule has 2 unspecified atom stereocenters. The quantitative estimate of drug-likeness (QED) is 0.684. The molecule has 1 aliphatic carbocycles. The maximum absolute atomic E-state index is 12.3. The van der Waals surface area contributed by atoms with Gasteiger partial charge in [-0.15, -0.1) is 0 Å². The van der Waals surface area contributed by atoms with Gasteiger partial charge in [-0.1, -0.05) is 17.7 Å². The Morgan fingerprint density at radius 1 is 1.38 bits per heavy atom. The van der Waals surface area contributed by atoms with Crippen LogP contribution in [0, 0.1) is 16.0 Å². The van der Waals surface area contributed by atoms with E-state index in [1.807, 2.05) is 0 Å². The van der Waals surface area contributed by atoms with Gasteiger partial charge in [-0.2, -0.15) is 0 Å². The van der Waals surface area contributed by atoms with Crippen LogP contribution in [0.15, 0.2) is 18.2 Å². The van der Waals surface area contributed by atoms with Crippen LogP contribution < -0.4 is 5.32 Å². The Morgan fingerprint density at radius 3 is 2.81 bits per heavy atom. The largest absolute Gasteiger partial charge is 0.376 e. The van der Waals surface area contributed by atoms with Crippen LogP contribution >= 0.6 is 11.6 Å². The first-order valence-corrected chi connectivity index (χ1v) is 7.31. The lowest BCUT2D eigenvalue weighted by Crippen LogP contribution is -2.41. The molecule has 1 N–H and O–H groups in total. The fourth-order valence-corrected chi connectivity index (χ4v) is 3.03. The summed E-state index contributed by atoms with van der Waals surface area (Å²) in [4.78, 5) is 22.8. The number of ether oxygens (including phenoxy) is 1. The number of halogens is 1. The van der Waals surface area contributed by atoms with Crippen LogP contribution in [-0.2, 0) is 4.74 Å². The predicted octanol–water partition coefficient (Wildman–Crippen LogP) is 2.55. The summed E-state index contributed by atoms with van der Waals surface area (Å²) in [5.74, 6) is 0.0393. The fourth-order valence-electron chi connectivity index (χ4n) is 2.79. The van der Waals surface area contributed by atoms with Gasteiger partial charge >= 0.3 is 5.69 Å². The maximum atomic E-state index is 12.3. The first kappa shape index (κ1) is 14.3. The van der Waals surface area contributed by atoms with Gasteiger partial charge < -0.3 is 10.1 Å². The van der Waals surface area contributed by atoms with Crippen molar-refractivity contribution >= 4 is 23.2 Å². The predicted molar refractivity (Wildman–Crippen MR) is 76.4 cm³/mol. The van der Waals surface area contributed by atoms with Crippen LogP contribution in [-0.4, -0.2) is 29.6 Å². The number of nitrogens with zero attached hydrogens (tertiary/aromatic N) is 1. The second-order valence-electron chi connectivity index (χ2n) is 5.43. The summed E-state index contributed by atoms with van der Waals surface area (Å²) in [6.45, 7) is 0.615. The van der Waals surface area contributed by atoms with Crippen LogP contribution in [0.4, 0.5) is 5.69 Å². The number of benzene rings is 1. The van der Waals surface area contributed by atoms with Crippen molar-refractivity contribution in [2.45, 2.75) is 31.4 Å². The van der Waals surface area contributed by atoms with Crippen molar-refractivity contribution in [3.8, 4) is 0 Å². The van der Waals surface area contributed by atoms with Crippen molar-refractivity contribution in [2.75, 3.05) is 6.61 Å². The standard InChI is InChI=1S/C14H15ClN2O4/c15-10-3-1-2-9(12(10)17(19)20)14(18)16-11-6-7-21-13(11)8-4-5-8/h1-3,8,11,13H,4-7H2,(H,16,18). The van der Waals surface area contributed by atoms with Crippen molar-refractivity contribution in [3.05, 3.63) is 38.9 Å². The number of carbonyl (C=O) groups is 1. The molecule has 1 saturated heterocycles. The number of para-hydroxylation sites is 1. The van der Waals surface area contributed by atoms with E-state index in [2.05, 4.69) is 5.32 Å². The molecule has 0 bridgehead atoms. The zero-order chi connectivity index (χ0) is 15.0. The highest BCUT2D eigenvalue weighted by atomic mass is 35.5. The van der Waals surface area contributed by atoms with Crippen LogP contribution in [0.25, 0.3) is 0 Å². The molecule has 1 aromatic carbocycles. The molecule has 2 fully saturated rings. The number of hydrogen-bond donors (Lipinski definition) is 1. The van der Waals surface area contributed by atoms with Gasteiger partial charge in [0.05, 0.1) is 17.1 Å². The highest BCUT2D eigenvalue weighted by Crippen LogP contribution is 2.39. The zero-order valence-corrected chi connectivity index (χ0v) is 12.0. The number of nitrogens with one attached hydrogen (secondary N) is 1. The normalized spacial score (nSPS) is 24.8. The van der Waals surface area contributed by atoms with E-state index in [0.717, 1.165) is 19.3 Å². The van der Waals surface area contributed by atoms with E-state index in [-0.39, 0.29) is 28.4 Å². The molecule has 0 radical (unpaired) electrons. The van der Waals surface area contributed by atoms with Crippen molar-refractivity contribution in [1.82, 2.24) is 5.32 Å². The van der Waals surface area contributed by atoms with Crippen molar-refractivity contribution in [1.29, 1.82) is 0 Å². The Hall–Kier alpha value is -1.66. The van der Waals surface area contributed by atoms with E-state index in [1.54, 1.807) is 0 Å². The highest BCUT2D eigenvalue weighted by molar-refractivity contribution is 6.33. The summed E-state index contributed by atoms with van der Waals surface area (Å²) >= 11 is 5.83. The SMILES string of the molecule is O=C(NC1CCOC1C1CC1)c1cccc(Cl)c1[N+](=O)[O-]. The Labute approximate surface area is 126 Å². The van der Waals surface area contributed by atoms with E-state index in [0.29, 0.717) is 12.5 Å². The summed E-state index contributed by atoms with van der Waals surface area (Å²) in [5.41, 5.74) is -0.354. The second kappa shape index (κ2) is 5.61. The number of nitro groups is 1. The van der Waals surface area contributed by atoms with E-state index in [9.17, 15) is 14.9 Å². The van der Waals surface area contributed by atoms with Crippen molar-refractivity contribution in [2.24, 2.45) is 5.92 Å². The lowest BCUT2D eigenvalue weighted by Gasteiger charge is -2.19. The number of nitro benzene ring substituents is 1. The average Bonchev–Trinajstić information content (AvgIpc) is 3.18. The molecule has 6 nitrogen and oxygen atoms in total. The molecular weight excluding hydrogens is 296 g/mol. The van der Waals surface area contributed by atoms with Crippen LogP contribution in [0.2, 0.25) is 5.02 Å². The topological polar surface area (TPSA) is 81.5 Å². The molecule has 1 amide bonds. The maximum Gasteiger partial charge on any atom is 0.300 e. The molecule has 1 aromatic rings. The minimum absolute atomic E-state index is 0.00560. The minimum Gasteiger partial charge on any atom is -0.376 e. The van der Waals surface area contributed by atoms with Gasteiger partial charge in [0.1, 0.15) is 10.6 Å². The molecule has 1 heterocycles. The van der Waals surface area contributed by atoms with Gasteiger partial charge in [-0.25, -0.2) is 0 Å². The molecule has 21 heavy (non-hydrogen) atoms. The first-order valence-electron chi connectivity index (χ1n) is 6.93. The van der Waals surface area contributed by atoms with E-state index in [1.165, 1.54) is 18.2 Å². The van der Waals surface area contributed by atoms with E-state index >= 15 is 0 Å². The Bertz CT molecular complexity index is 588. The third-order valence-corrected chi connectivity index (χ3v) is 4.26. The summed E-state index contributed by atoms with van der Waals surface area (Å²) in [6.07, 6.45) is 3.01. The van der Waals surface area contributed by atoms with Crippen molar-refractivity contribution < 1.29 is 14.5 Å². The zero-order valence-electron chi connectivity index (χ0n) is 11.3. The monoisotopic (exact) mass is 310 g/mol. The van der Waals surface area contributed by atoms with Gasteiger partial charge in [0.2, 0.25) is 0 Å². The van der Waals surface area contributed by atoms with Gasteiger partial charge in [0.15, 0.2) is 0 Å².